The molecule has 0 aliphatic carbocycles. The molecule has 2 aromatic rings. The van der Waals surface area contributed by atoms with Gasteiger partial charge in [0, 0.05) is 17.5 Å². The zero-order valence-electron chi connectivity index (χ0n) is 12.4. The predicted molar refractivity (Wildman–Crippen MR) is 84.7 cm³/mol. The van der Waals surface area contributed by atoms with Crippen LogP contribution < -0.4 is 10.6 Å². The normalized spacial score (nSPS) is 16.9. The summed E-state index contributed by atoms with van der Waals surface area (Å²) in [6, 6.07) is 12.6. The molecule has 1 heterocycles. The third-order valence-electron chi connectivity index (χ3n) is 3.69. The minimum absolute atomic E-state index is 0.174. The molecule has 1 atom stereocenters. The molecular formula is C17H16N2O4. The second kappa shape index (κ2) is 6.48. The Labute approximate surface area is 132 Å². The van der Waals surface area contributed by atoms with Gasteiger partial charge in [0.15, 0.2) is 6.61 Å². The van der Waals surface area contributed by atoms with Gasteiger partial charge in [-0.25, -0.2) is 4.79 Å². The number of carbonyl (C=O) groups excluding carboxylic acids is 3. The van der Waals surface area contributed by atoms with Gasteiger partial charge >= 0.3 is 5.97 Å². The maximum absolute atomic E-state index is 12.0. The van der Waals surface area contributed by atoms with Gasteiger partial charge in [0.05, 0.1) is 0 Å². The van der Waals surface area contributed by atoms with Crippen molar-refractivity contribution < 1.29 is 19.1 Å². The Bertz CT molecular complexity index is 767. The van der Waals surface area contributed by atoms with Crippen LogP contribution in [0.1, 0.15) is 12.8 Å². The Morgan fingerprint density at radius 3 is 2.74 bits per heavy atom. The maximum Gasteiger partial charge on any atom is 0.329 e. The van der Waals surface area contributed by atoms with Gasteiger partial charge in [-0.3, -0.25) is 9.59 Å². The van der Waals surface area contributed by atoms with Crippen molar-refractivity contribution in [1.82, 2.24) is 5.32 Å². The van der Waals surface area contributed by atoms with E-state index in [-0.39, 0.29) is 12.5 Å². The van der Waals surface area contributed by atoms with Crippen LogP contribution in [0.15, 0.2) is 42.5 Å². The Morgan fingerprint density at radius 2 is 1.96 bits per heavy atom. The topological polar surface area (TPSA) is 84.5 Å². The molecule has 0 unspecified atom stereocenters. The monoisotopic (exact) mass is 312 g/mol. The van der Waals surface area contributed by atoms with Gasteiger partial charge in [-0.2, -0.15) is 0 Å². The van der Waals surface area contributed by atoms with Gasteiger partial charge < -0.3 is 15.4 Å². The van der Waals surface area contributed by atoms with E-state index in [0.29, 0.717) is 18.5 Å². The maximum atomic E-state index is 12.0. The number of rotatable bonds is 4. The molecule has 0 aromatic heterocycles. The highest BCUT2D eigenvalue weighted by atomic mass is 16.5. The van der Waals surface area contributed by atoms with Crippen LogP contribution >= 0.6 is 0 Å². The van der Waals surface area contributed by atoms with E-state index >= 15 is 0 Å². The van der Waals surface area contributed by atoms with Crippen LogP contribution in [0.5, 0.6) is 0 Å². The quantitative estimate of drug-likeness (QED) is 0.840. The van der Waals surface area contributed by atoms with E-state index in [1.807, 2.05) is 36.4 Å². The first-order chi connectivity index (χ1) is 11.1. The Kier molecular flexibility index (Phi) is 4.23. The molecule has 6 nitrogen and oxygen atoms in total. The third kappa shape index (κ3) is 3.48. The fourth-order valence-corrected chi connectivity index (χ4v) is 2.55. The molecule has 1 aliphatic rings. The molecule has 2 aromatic carbocycles. The second-order valence-electron chi connectivity index (χ2n) is 5.34. The number of hydrogen-bond donors (Lipinski definition) is 2. The molecule has 0 bridgehead atoms. The molecule has 0 saturated carbocycles. The highest BCUT2D eigenvalue weighted by molar-refractivity contribution is 6.03. The molecule has 2 amide bonds. The molecular weight excluding hydrogens is 296 g/mol. The van der Waals surface area contributed by atoms with Gasteiger partial charge in [-0.15, -0.1) is 0 Å². The molecule has 1 aliphatic heterocycles. The Hall–Kier alpha value is -2.89. The van der Waals surface area contributed by atoms with Gasteiger partial charge in [-0.1, -0.05) is 36.4 Å². The number of amides is 2. The van der Waals surface area contributed by atoms with Crippen molar-refractivity contribution in [3.05, 3.63) is 42.5 Å². The Morgan fingerprint density at radius 1 is 1.17 bits per heavy atom. The lowest BCUT2D eigenvalue weighted by Crippen LogP contribution is -2.36. The Balaban J connectivity index is 1.59. The molecule has 1 fully saturated rings. The van der Waals surface area contributed by atoms with Crippen LogP contribution in [-0.4, -0.2) is 30.4 Å². The van der Waals surface area contributed by atoms with Crippen LogP contribution in [0.4, 0.5) is 5.69 Å². The first kappa shape index (κ1) is 15.0. The van der Waals surface area contributed by atoms with Crippen LogP contribution in [-0.2, 0) is 19.1 Å². The summed E-state index contributed by atoms with van der Waals surface area (Å²) in [5, 5.41) is 7.17. The van der Waals surface area contributed by atoms with E-state index in [1.165, 1.54) is 0 Å². The standard InChI is InChI=1S/C17H16N2O4/c20-15-9-8-14(19-15)17(22)23-10-16(21)18-13-7-3-5-11-4-1-2-6-12(11)13/h1-7,14H,8-10H2,(H,18,21)(H,19,20)/t14-/m1/s1. The highest BCUT2D eigenvalue weighted by Gasteiger charge is 2.28. The van der Waals surface area contributed by atoms with E-state index in [9.17, 15) is 14.4 Å². The van der Waals surface area contributed by atoms with E-state index in [0.717, 1.165) is 10.8 Å². The molecule has 3 rings (SSSR count). The number of benzene rings is 2. The van der Waals surface area contributed by atoms with E-state index in [4.69, 9.17) is 4.74 Å². The smallest absolute Gasteiger partial charge is 0.329 e. The second-order valence-corrected chi connectivity index (χ2v) is 5.34. The van der Waals surface area contributed by atoms with Crippen molar-refractivity contribution in [3.63, 3.8) is 0 Å². The summed E-state index contributed by atoms with van der Waals surface area (Å²) in [6.45, 7) is -0.381. The SMILES string of the molecule is O=C(COC(=O)[C@H]1CCC(=O)N1)Nc1cccc2ccccc12. The van der Waals surface area contributed by atoms with Crippen molar-refractivity contribution in [2.75, 3.05) is 11.9 Å². The average molecular weight is 312 g/mol. The fourth-order valence-electron chi connectivity index (χ4n) is 2.55. The number of fused-ring (bicyclic) bond motifs is 1. The summed E-state index contributed by atoms with van der Waals surface area (Å²) < 4.78 is 4.95. The molecule has 2 N–H and O–H groups in total. The largest absolute Gasteiger partial charge is 0.454 e. The third-order valence-corrected chi connectivity index (χ3v) is 3.69. The number of ether oxygens (including phenoxy) is 1. The van der Waals surface area contributed by atoms with Crippen molar-refractivity contribution >= 4 is 34.2 Å². The van der Waals surface area contributed by atoms with E-state index in [1.54, 1.807) is 6.07 Å². The summed E-state index contributed by atoms with van der Waals surface area (Å²) in [5.74, 6) is -1.17. The van der Waals surface area contributed by atoms with Gasteiger partial charge in [0.2, 0.25) is 5.91 Å². The van der Waals surface area contributed by atoms with Crippen LogP contribution in [0.3, 0.4) is 0 Å². The lowest BCUT2D eigenvalue weighted by atomic mass is 10.1. The summed E-state index contributed by atoms with van der Waals surface area (Å²) in [5.41, 5.74) is 0.665. The summed E-state index contributed by atoms with van der Waals surface area (Å²) >= 11 is 0. The van der Waals surface area contributed by atoms with Crippen molar-refractivity contribution in [2.24, 2.45) is 0 Å². The molecule has 6 heteroatoms. The minimum Gasteiger partial charge on any atom is -0.454 e. The van der Waals surface area contributed by atoms with Crippen LogP contribution in [0.25, 0.3) is 10.8 Å². The van der Waals surface area contributed by atoms with Crippen molar-refractivity contribution in [2.45, 2.75) is 18.9 Å². The summed E-state index contributed by atoms with van der Waals surface area (Å²) in [4.78, 5) is 34.8. The number of anilines is 1. The minimum atomic E-state index is -0.646. The van der Waals surface area contributed by atoms with Gasteiger partial charge in [0.1, 0.15) is 6.04 Å². The lowest BCUT2D eigenvalue weighted by Gasteiger charge is -2.11. The lowest BCUT2D eigenvalue weighted by molar-refractivity contribution is -0.149. The van der Waals surface area contributed by atoms with Gasteiger partial charge in [0.25, 0.3) is 5.91 Å². The number of carbonyl (C=O) groups is 3. The molecule has 0 radical (unpaired) electrons. The zero-order valence-corrected chi connectivity index (χ0v) is 12.4. The van der Waals surface area contributed by atoms with Crippen LogP contribution in [0.2, 0.25) is 0 Å². The predicted octanol–water partition coefficient (Wildman–Crippen LogP) is 1.60. The molecule has 23 heavy (non-hydrogen) atoms. The first-order valence-electron chi connectivity index (χ1n) is 7.37. The van der Waals surface area contributed by atoms with E-state index < -0.39 is 17.9 Å². The molecule has 1 saturated heterocycles. The fraction of sp³-hybridized carbons (Fsp3) is 0.235. The van der Waals surface area contributed by atoms with E-state index in [2.05, 4.69) is 10.6 Å². The summed E-state index contributed by atoms with van der Waals surface area (Å²) in [7, 11) is 0. The summed E-state index contributed by atoms with van der Waals surface area (Å²) in [6.07, 6.45) is 0.713. The number of esters is 1. The molecule has 0 spiro atoms. The average Bonchev–Trinajstić information content (AvgIpc) is 2.99. The highest BCUT2D eigenvalue weighted by Crippen LogP contribution is 2.22. The zero-order chi connectivity index (χ0) is 16.2. The number of nitrogens with one attached hydrogen (secondary N) is 2. The molecule has 118 valence electrons. The van der Waals surface area contributed by atoms with Crippen molar-refractivity contribution in [1.29, 1.82) is 0 Å². The van der Waals surface area contributed by atoms with Crippen molar-refractivity contribution in [3.8, 4) is 0 Å². The van der Waals surface area contributed by atoms with Crippen LogP contribution in [0, 0.1) is 0 Å². The number of hydrogen-bond acceptors (Lipinski definition) is 4. The van der Waals surface area contributed by atoms with Gasteiger partial charge in [-0.05, 0) is 17.9 Å². The first-order valence-corrected chi connectivity index (χ1v) is 7.37.